The molecule has 0 saturated heterocycles. The quantitative estimate of drug-likeness (QED) is 0.586. The third-order valence-electron chi connectivity index (χ3n) is 4.02. The van der Waals surface area contributed by atoms with E-state index in [1.807, 2.05) is 19.9 Å². The second-order valence-electron chi connectivity index (χ2n) is 5.40. The highest BCUT2D eigenvalue weighted by Gasteiger charge is 2.36. The molecule has 0 unspecified atom stereocenters. The molecule has 1 aromatic carbocycles. The number of hydrogen-bond acceptors (Lipinski definition) is 5. The Hall–Kier alpha value is -2.76. The summed E-state index contributed by atoms with van der Waals surface area (Å²) >= 11 is 0. The van der Waals surface area contributed by atoms with E-state index in [-0.39, 0.29) is 5.91 Å². The fraction of sp³-hybridized carbons (Fsp3) is 0.368. The first-order chi connectivity index (χ1) is 12.0. The van der Waals surface area contributed by atoms with E-state index < -0.39 is 5.97 Å². The monoisotopic (exact) mass is 345 g/mol. The van der Waals surface area contributed by atoms with Crippen molar-refractivity contribution in [1.82, 2.24) is 4.90 Å². The topological polar surface area (TPSA) is 65.1 Å². The van der Waals surface area contributed by atoms with Crippen LogP contribution < -0.4 is 9.47 Å². The van der Waals surface area contributed by atoms with Crippen LogP contribution >= 0.6 is 0 Å². The van der Waals surface area contributed by atoms with Gasteiger partial charge in [-0.2, -0.15) is 0 Å². The van der Waals surface area contributed by atoms with Gasteiger partial charge in [0.25, 0.3) is 5.91 Å². The number of nitrogens with zero attached hydrogens (tertiary/aromatic N) is 1. The van der Waals surface area contributed by atoms with E-state index in [1.54, 1.807) is 37.1 Å². The fourth-order valence-corrected chi connectivity index (χ4v) is 2.82. The van der Waals surface area contributed by atoms with Crippen LogP contribution in [0.1, 0.15) is 26.3 Å². The average molecular weight is 345 g/mol. The van der Waals surface area contributed by atoms with Gasteiger partial charge in [-0.1, -0.05) is 6.07 Å². The zero-order valence-corrected chi connectivity index (χ0v) is 15.2. The second kappa shape index (κ2) is 7.88. The van der Waals surface area contributed by atoms with E-state index in [4.69, 9.17) is 14.2 Å². The Bertz CT molecular complexity index is 748. The van der Waals surface area contributed by atoms with Crippen molar-refractivity contribution < 1.29 is 23.8 Å². The Kier molecular flexibility index (Phi) is 5.85. The number of methoxy groups -OCH3 is 2. The molecule has 0 atom stereocenters. The number of ether oxygens (including phenoxy) is 3. The van der Waals surface area contributed by atoms with Crippen LogP contribution in [-0.2, 0) is 14.3 Å². The molecule has 0 N–H and O–H groups in total. The maximum absolute atomic E-state index is 12.7. The van der Waals surface area contributed by atoms with Gasteiger partial charge in [0.05, 0.1) is 32.0 Å². The van der Waals surface area contributed by atoms with Gasteiger partial charge < -0.3 is 19.1 Å². The maximum Gasteiger partial charge on any atom is 0.340 e. The highest BCUT2D eigenvalue weighted by molar-refractivity contribution is 6.16. The Morgan fingerprint density at radius 1 is 1.20 bits per heavy atom. The van der Waals surface area contributed by atoms with Crippen molar-refractivity contribution in [3.8, 4) is 11.5 Å². The number of benzene rings is 1. The number of carbonyl (C=O) groups is 2. The maximum atomic E-state index is 12.7. The Morgan fingerprint density at radius 2 is 1.92 bits per heavy atom. The summed E-state index contributed by atoms with van der Waals surface area (Å²) in [4.78, 5) is 26.4. The highest BCUT2D eigenvalue weighted by atomic mass is 16.5. The number of rotatable bonds is 6. The summed E-state index contributed by atoms with van der Waals surface area (Å²) in [7, 11) is 2.86. The molecule has 1 aromatic rings. The van der Waals surface area contributed by atoms with Crippen molar-refractivity contribution in [2.75, 3.05) is 27.4 Å². The van der Waals surface area contributed by atoms with Crippen molar-refractivity contribution in [3.05, 3.63) is 40.6 Å². The predicted molar refractivity (Wildman–Crippen MR) is 94.2 cm³/mol. The molecule has 0 aromatic heterocycles. The molecule has 134 valence electrons. The summed E-state index contributed by atoms with van der Waals surface area (Å²) in [5.74, 6) is 0.452. The number of hydrogen-bond donors (Lipinski definition) is 0. The summed E-state index contributed by atoms with van der Waals surface area (Å²) in [5.41, 5.74) is 1.94. The molecule has 25 heavy (non-hydrogen) atoms. The van der Waals surface area contributed by atoms with Crippen molar-refractivity contribution in [2.45, 2.75) is 20.8 Å². The molecule has 0 aliphatic carbocycles. The summed E-state index contributed by atoms with van der Waals surface area (Å²) in [6.07, 6.45) is 1.67. The van der Waals surface area contributed by atoms with E-state index >= 15 is 0 Å². The molecule has 0 bridgehead atoms. The molecular formula is C19H23NO5. The molecule has 1 aliphatic heterocycles. The Balaban J connectivity index is 2.51. The Labute approximate surface area is 147 Å². The van der Waals surface area contributed by atoms with Gasteiger partial charge >= 0.3 is 5.97 Å². The largest absolute Gasteiger partial charge is 0.493 e. The zero-order chi connectivity index (χ0) is 18.6. The minimum atomic E-state index is -0.522. The van der Waals surface area contributed by atoms with Crippen molar-refractivity contribution >= 4 is 18.0 Å². The van der Waals surface area contributed by atoms with Crippen LogP contribution in [0.5, 0.6) is 11.5 Å². The van der Waals surface area contributed by atoms with Crippen molar-refractivity contribution in [2.24, 2.45) is 0 Å². The lowest BCUT2D eigenvalue weighted by molar-refractivity contribution is -0.136. The van der Waals surface area contributed by atoms with Gasteiger partial charge in [0.15, 0.2) is 11.5 Å². The number of allylic oxidation sites excluding steroid dienone is 1. The normalized spacial score (nSPS) is 15.8. The van der Waals surface area contributed by atoms with Crippen LogP contribution in [0.25, 0.3) is 6.08 Å². The molecule has 0 saturated carbocycles. The molecule has 2 rings (SSSR count). The predicted octanol–water partition coefficient (Wildman–Crippen LogP) is 2.79. The van der Waals surface area contributed by atoms with Crippen LogP contribution in [0.3, 0.4) is 0 Å². The number of carbonyl (C=O) groups excluding carboxylic acids is 2. The lowest BCUT2D eigenvalue weighted by atomic mass is 10.0. The van der Waals surface area contributed by atoms with E-state index in [0.29, 0.717) is 41.5 Å². The van der Waals surface area contributed by atoms with Crippen LogP contribution in [0, 0.1) is 0 Å². The third-order valence-corrected chi connectivity index (χ3v) is 4.02. The SMILES string of the molecule is CCOc1ccc(/C=C2\C(=O)N(CC)C(C)=C2C(=O)OC)cc1OC. The van der Waals surface area contributed by atoms with Gasteiger partial charge in [-0.3, -0.25) is 4.79 Å². The molecule has 0 spiro atoms. The first-order valence-corrected chi connectivity index (χ1v) is 8.12. The van der Waals surface area contributed by atoms with E-state index in [0.717, 1.165) is 5.56 Å². The molecule has 6 heteroatoms. The highest BCUT2D eigenvalue weighted by Crippen LogP contribution is 2.33. The van der Waals surface area contributed by atoms with Gasteiger partial charge in [0.2, 0.25) is 0 Å². The van der Waals surface area contributed by atoms with E-state index in [1.165, 1.54) is 7.11 Å². The smallest absolute Gasteiger partial charge is 0.340 e. The minimum absolute atomic E-state index is 0.215. The van der Waals surface area contributed by atoms with Crippen molar-refractivity contribution in [1.29, 1.82) is 0 Å². The molecule has 0 radical (unpaired) electrons. The molecular weight excluding hydrogens is 322 g/mol. The van der Waals surface area contributed by atoms with Crippen LogP contribution in [0.2, 0.25) is 0 Å². The lowest BCUT2D eigenvalue weighted by Crippen LogP contribution is -2.24. The van der Waals surface area contributed by atoms with Crippen LogP contribution in [0.15, 0.2) is 35.0 Å². The Morgan fingerprint density at radius 3 is 2.48 bits per heavy atom. The first-order valence-electron chi connectivity index (χ1n) is 8.12. The van der Waals surface area contributed by atoms with Gasteiger partial charge in [0, 0.05) is 12.2 Å². The summed E-state index contributed by atoms with van der Waals surface area (Å²) < 4.78 is 15.7. The number of amides is 1. The number of likely N-dealkylation sites (N-methyl/N-ethyl adjacent to an activating group) is 1. The zero-order valence-electron chi connectivity index (χ0n) is 15.2. The van der Waals surface area contributed by atoms with Crippen LogP contribution in [0.4, 0.5) is 0 Å². The van der Waals surface area contributed by atoms with Gasteiger partial charge in [-0.05, 0) is 44.5 Å². The first kappa shape index (κ1) is 18.6. The van der Waals surface area contributed by atoms with E-state index in [9.17, 15) is 9.59 Å². The molecule has 1 amide bonds. The fourth-order valence-electron chi connectivity index (χ4n) is 2.82. The van der Waals surface area contributed by atoms with Gasteiger partial charge in [-0.25, -0.2) is 4.79 Å². The minimum Gasteiger partial charge on any atom is -0.493 e. The van der Waals surface area contributed by atoms with Gasteiger partial charge in [-0.15, -0.1) is 0 Å². The second-order valence-corrected chi connectivity index (χ2v) is 5.40. The molecule has 1 aliphatic rings. The lowest BCUT2D eigenvalue weighted by Gasteiger charge is -2.14. The third kappa shape index (κ3) is 3.52. The van der Waals surface area contributed by atoms with Gasteiger partial charge in [0.1, 0.15) is 0 Å². The number of esters is 1. The van der Waals surface area contributed by atoms with Crippen molar-refractivity contribution in [3.63, 3.8) is 0 Å². The molecule has 1 heterocycles. The average Bonchev–Trinajstić information content (AvgIpc) is 2.85. The van der Waals surface area contributed by atoms with E-state index in [2.05, 4.69) is 0 Å². The molecule has 6 nitrogen and oxygen atoms in total. The summed E-state index contributed by atoms with van der Waals surface area (Å²) in [5, 5.41) is 0. The summed E-state index contributed by atoms with van der Waals surface area (Å²) in [6, 6.07) is 5.36. The standard InChI is InChI=1S/C19H23NO5/c1-6-20-12(3)17(19(22)24-5)14(18(20)21)10-13-8-9-15(25-7-2)16(11-13)23-4/h8-11H,6-7H2,1-5H3/b14-10-. The van der Waals surface area contributed by atoms with Crippen LogP contribution in [-0.4, -0.2) is 44.1 Å². The summed E-state index contributed by atoms with van der Waals surface area (Å²) in [6.45, 7) is 6.50. The molecule has 0 fully saturated rings.